The maximum Gasteiger partial charge on any atom is 0.407 e. The molecular weight excluding hydrogens is 869 g/mol. The minimum absolute atomic E-state index is 0.00813. The molecule has 2 amide bonds. The van der Waals surface area contributed by atoms with E-state index >= 15 is 0 Å². The highest BCUT2D eigenvalue weighted by molar-refractivity contribution is 6.74. The topological polar surface area (TPSA) is 156 Å². The number of benzene rings is 4. The van der Waals surface area contributed by atoms with Gasteiger partial charge in [0, 0.05) is 17.7 Å². The van der Waals surface area contributed by atoms with Gasteiger partial charge in [-0.15, -0.1) is 0 Å². The van der Waals surface area contributed by atoms with E-state index in [0.29, 0.717) is 5.56 Å². The first-order valence-electron chi connectivity index (χ1n) is 23.3. The van der Waals surface area contributed by atoms with Crippen molar-refractivity contribution in [3.8, 4) is 11.1 Å². The second-order valence-corrected chi connectivity index (χ2v) is 26.5. The van der Waals surface area contributed by atoms with Crippen LogP contribution in [0.4, 0.5) is 10.6 Å². The highest BCUT2D eigenvalue weighted by atomic mass is 28.4. The molecule has 5 aromatic rings. The monoisotopic (exact) mass is 930 g/mol. The Bertz CT molecular complexity index is 2440. The van der Waals surface area contributed by atoms with Gasteiger partial charge in [-0.3, -0.25) is 9.36 Å². The van der Waals surface area contributed by atoms with E-state index in [1.54, 1.807) is 30.3 Å². The Morgan fingerprint density at radius 3 is 1.76 bits per heavy atom. The van der Waals surface area contributed by atoms with Crippen molar-refractivity contribution in [1.29, 1.82) is 0 Å². The number of amides is 2. The molecule has 1 aliphatic carbocycles. The van der Waals surface area contributed by atoms with E-state index in [-0.39, 0.29) is 24.9 Å². The lowest BCUT2D eigenvalue weighted by atomic mass is 9.95. The SMILES string of the molecule is CC[Si](CC)(CC)O[C@@H]1[C@@H](NC(=O)OCC2c3ccccc3-c3ccccc32)[C@H](n2ccc(NC(=O)c3ccccc3)nc2=O)O[C@H](C(=O)OCc2ccccc2)[C@H]1O[Si](CC)(CC)CC. The smallest absolute Gasteiger partial charge is 0.407 e. The number of fused-ring (bicyclic) bond motifs is 3. The molecule has 13 nitrogen and oxygen atoms in total. The van der Waals surface area contributed by atoms with E-state index < -0.39 is 70.9 Å². The molecule has 0 spiro atoms. The van der Waals surface area contributed by atoms with Crippen LogP contribution in [-0.4, -0.2) is 75.1 Å². The number of rotatable bonds is 19. The minimum Gasteiger partial charge on any atom is -0.459 e. The van der Waals surface area contributed by atoms with E-state index in [1.807, 2.05) is 54.6 Å². The minimum atomic E-state index is -2.62. The Morgan fingerprint density at radius 1 is 0.667 bits per heavy atom. The maximum atomic E-state index is 14.7. The lowest BCUT2D eigenvalue weighted by Gasteiger charge is -2.50. The Labute approximate surface area is 389 Å². The van der Waals surface area contributed by atoms with Crippen LogP contribution in [0.1, 0.15) is 80.7 Å². The number of anilines is 1. The van der Waals surface area contributed by atoms with Crippen molar-refractivity contribution in [2.24, 2.45) is 0 Å². The van der Waals surface area contributed by atoms with Crippen LogP contribution in [0, 0.1) is 0 Å². The summed E-state index contributed by atoms with van der Waals surface area (Å²) in [5.41, 5.74) is 4.65. The summed E-state index contributed by atoms with van der Waals surface area (Å²) in [7, 11) is -5.20. The molecular formula is C51H62N4O9Si2. The zero-order chi connectivity index (χ0) is 46.8. The zero-order valence-electron chi connectivity index (χ0n) is 38.7. The van der Waals surface area contributed by atoms with Crippen LogP contribution in [0.25, 0.3) is 11.1 Å². The van der Waals surface area contributed by atoms with E-state index in [0.717, 1.165) is 64.1 Å². The second-order valence-electron chi connectivity index (χ2n) is 17.0. The van der Waals surface area contributed by atoms with Crippen LogP contribution in [0.15, 0.2) is 126 Å². The molecule has 0 bridgehead atoms. The van der Waals surface area contributed by atoms with Crippen LogP contribution in [0.5, 0.6) is 0 Å². The van der Waals surface area contributed by atoms with E-state index in [1.165, 1.54) is 16.8 Å². The quantitative estimate of drug-likeness (QED) is 0.0604. The van der Waals surface area contributed by atoms with Crippen molar-refractivity contribution in [2.45, 2.75) is 121 Å². The van der Waals surface area contributed by atoms with Gasteiger partial charge in [0.15, 0.2) is 29.0 Å². The summed E-state index contributed by atoms with van der Waals surface area (Å²) in [5, 5.41) is 5.81. The van der Waals surface area contributed by atoms with Gasteiger partial charge in [0.25, 0.3) is 5.91 Å². The van der Waals surface area contributed by atoms with Gasteiger partial charge >= 0.3 is 17.8 Å². The number of nitrogens with one attached hydrogen (secondary N) is 2. The van der Waals surface area contributed by atoms with Gasteiger partial charge in [-0.1, -0.05) is 139 Å². The third-order valence-electron chi connectivity index (χ3n) is 13.7. The fraction of sp³-hybridized carbons (Fsp3) is 0.392. The highest BCUT2D eigenvalue weighted by Crippen LogP contribution is 2.45. The molecule has 4 aromatic carbocycles. The van der Waals surface area contributed by atoms with Crippen molar-refractivity contribution >= 4 is 40.4 Å². The molecule has 0 saturated carbocycles. The lowest BCUT2D eigenvalue weighted by Crippen LogP contribution is -2.68. The van der Waals surface area contributed by atoms with Gasteiger partial charge in [0.2, 0.25) is 0 Å². The van der Waals surface area contributed by atoms with Crippen molar-refractivity contribution in [1.82, 2.24) is 14.9 Å². The Balaban J connectivity index is 1.31. The van der Waals surface area contributed by atoms with E-state index in [9.17, 15) is 19.2 Å². The molecule has 2 aliphatic rings. The van der Waals surface area contributed by atoms with Gasteiger partial charge in [0.05, 0.1) is 6.10 Å². The third-order valence-corrected chi connectivity index (χ3v) is 23.0. The summed E-state index contributed by atoms with van der Waals surface area (Å²) < 4.78 is 35.0. The molecule has 1 aromatic heterocycles. The number of esters is 1. The van der Waals surface area contributed by atoms with Crippen LogP contribution >= 0.6 is 0 Å². The molecule has 5 atom stereocenters. The van der Waals surface area contributed by atoms with Crippen LogP contribution in [-0.2, 0) is 34.5 Å². The standard InChI is InChI=1S/C51H62N4O9Si2/c1-7-65(8-2,9-3)63-44-43(54-51(59)61-34-41-39-29-21-19-27-37(39)38-28-20-22-30-40(38)41)48(55-32-31-42(53-50(55)58)52-47(56)36-25-17-14-18-26-36)62-46(45(44)64-66(10-4,11-5)12-6)49(57)60-33-35-23-15-13-16-24-35/h13-32,41,43-46,48H,7-12,33-34H2,1-6H3,(H,54,59)(H,52,53,56,58)/t43-,44-,45+,46+,48-/m1/s1. The average molecular weight is 931 g/mol. The number of hydrogen-bond donors (Lipinski definition) is 2. The summed E-state index contributed by atoms with van der Waals surface area (Å²) in [4.78, 5) is 60.9. The summed E-state index contributed by atoms with van der Waals surface area (Å²) in [6.07, 6.45) is -4.14. The first-order valence-corrected chi connectivity index (χ1v) is 28.4. The van der Waals surface area contributed by atoms with E-state index in [4.69, 9.17) is 23.1 Å². The molecule has 0 radical (unpaired) electrons. The number of alkyl carbamates (subject to hydrolysis) is 1. The molecule has 66 heavy (non-hydrogen) atoms. The average Bonchev–Trinajstić information content (AvgIpc) is 3.68. The van der Waals surface area contributed by atoms with Gasteiger partial charge < -0.3 is 33.7 Å². The number of hydrogen-bond acceptors (Lipinski definition) is 10. The van der Waals surface area contributed by atoms with Gasteiger partial charge in [-0.05, 0) is 82.3 Å². The Hall–Kier alpha value is -5.72. The van der Waals surface area contributed by atoms with Crippen molar-refractivity contribution in [3.63, 3.8) is 0 Å². The Morgan fingerprint density at radius 2 is 1.20 bits per heavy atom. The number of aromatic nitrogens is 2. The zero-order valence-corrected chi connectivity index (χ0v) is 40.7. The molecule has 1 aliphatic heterocycles. The predicted molar refractivity (Wildman–Crippen MR) is 259 cm³/mol. The van der Waals surface area contributed by atoms with Crippen LogP contribution in [0.2, 0.25) is 36.3 Å². The first-order chi connectivity index (χ1) is 32.0. The molecule has 15 heteroatoms. The normalized spacial score (nSPS) is 19.3. The summed E-state index contributed by atoms with van der Waals surface area (Å²) >= 11 is 0. The van der Waals surface area contributed by atoms with E-state index in [2.05, 4.69) is 81.4 Å². The number of carbonyl (C=O) groups excluding carboxylic acids is 3. The maximum absolute atomic E-state index is 14.7. The van der Waals surface area contributed by atoms with Gasteiger partial charge in [-0.25, -0.2) is 14.4 Å². The molecule has 1 fully saturated rings. The van der Waals surface area contributed by atoms with Crippen molar-refractivity contribution < 1.29 is 37.4 Å². The first kappa shape index (κ1) is 48.2. The molecule has 1 saturated heterocycles. The molecule has 2 N–H and O–H groups in total. The largest absolute Gasteiger partial charge is 0.459 e. The van der Waals surface area contributed by atoms with Crippen LogP contribution in [0.3, 0.4) is 0 Å². The summed E-state index contributed by atoms with van der Waals surface area (Å²) in [6, 6.07) is 38.9. The fourth-order valence-corrected chi connectivity index (χ4v) is 15.0. The number of nitrogens with zero attached hydrogens (tertiary/aromatic N) is 2. The molecule has 0 unspecified atom stereocenters. The number of ether oxygens (including phenoxy) is 3. The van der Waals surface area contributed by atoms with Crippen LogP contribution < -0.4 is 16.3 Å². The lowest BCUT2D eigenvalue weighted by molar-refractivity contribution is -0.215. The third kappa shape index (κ3) is 10.5. The molecule has 7 rings (SSSR count). The Kier molecular flexibility index (Phi) is 15.9. The second kappa shape index (κ2) is 21.7. The summed E-state index contributed by atoms with van der Waals surface area (Å²) in [5.74, 6) is -1.36. The van der Waals surface area contributed by atoms with Crippen molar-refractivity contribution in [3.05, 3.63) is 154 Å². The van der Waals surface area contributed by atoms with Crippen molar-refractivity contribution in [2.75, 3.05) is 11.9 Å². The van der Waals surface area contributed by atoms with Gasteiger partial charge in [-0.2, -0.15) is 4.98 Å². The van der Waals surface area contributed by atoms with Gasteiger partial charge in [0.1, 0.15) is 31.2 Å². The molecule has 2 heterocycles. The fourth-order valence-electron chi connectivity index (χ4n) is 9.32. The molecule has 348 valence electrons. The highest BCUT2D eigenvalue weighted by Gasteiger charge is 2.56. The summed E-state index contributed by atoms with van der Waals surface area (Å²) in [6.45, 7) is 12.6. The number of carbonyl (C=O) groups is 3. The predicted octanol–water partition coefficient (Wildman–Crippen LogP) is 9.82.